The number of carboxylic acid groups (broad SMARTS) is 1. The number of alkyl halides is 3. The Labute approximate surface area is 249 Å². The third-order valence-corrected chi connectivity index (χ3v) is 6.56. The van der Waals surface area contributed by atoms with Gasteiger partial charge in [-0.25, -0.2) is 18.9 Å². The van der Waals surface area contributed by atoms with Crippen LogP contribution in [0.1, 0.15) is 21.6 Å². The van der Waals surface area contributed by atoms with Crippen molar-refractivity contribution in [2.75, 3.05) is 20.3 Å². The molecule has 0 saturated carbocycles. The molecule has 5 rings (SSSR count). The van der Waals surface area contributed by atoms with Gasteiger partial charge in [0.1, 0.15) is 36.1 Å². The number of pyridine rings is 1. The molecule has 0 unspecified atom stereocenters. The molecule has 12 heteroatoms. The van der Waals surface area contributed by atoms with Gasteiger partial charge in [-0.1, -0.05) is 42.5 Å². The zero-order chi connectivity index (χ0) is 31.3. The first kappa shape index (κ1) is 30.2. The minimum absolute atomic E-state index is 0.0715. The Morgan fingerprint density at radius 1 is 0.886 bits per heavy atom. The fraction of sp³-hybridized carbons (Fsp3) is 0.156. The fourth-order valence-electron chi connectivity index (χ4n) is 4.47. The van der Waals surface area contributed by atoms with E-state index in [0.717, 1.165) is 11.1 Å². The highest BCUT2D eigenvalue weighted by Gasteiger charge is 2.41. The summed E-state index contributed by atoms with van der Waals surface area (Å²) in [6.07, 6.45) is -4.34. The number of carboxylic acids is 1. The summed E-state index contributed by atoms with van der Waals surface area (Å²) in [5, 5.41) is 12.9. The summed E-state index contributed by atoms with van der Waals surface area (Å²) in [4.78, 5) is 15.8. The maximum absolute atomic E-state index is 13.8. The molecule has 0 fully saturated rings. The largest absolute Gasteiger partial charge is 0.491 e. The van der Waals surface area contributed by atoms with E-state index in [2.05, 4.69) is 10.1 Å². The van der Waals surface area contributed by atoms with Gasteiger partial charge >= 0.3 is 12.1 Å². The van der Waals surface area contributed by atoms with Crippen LogP contribution in [0.5, 0.6) is 11.5 Å². The minimum Gasteiger partial charge on any atom is -0.491 e. The van der Waals surface area contributed by atoms with Crippen molar-refractivity contribution in [2.24, 2.45) is 0 Å². The van der Waals surface area contributed by atoms with Crippen LogP contribution in [0.2, 0.25) is 0 Å². The van der Waals surface area contributed by atoms with Gasteiger partial charge in [-0.2, -0.15) is 18.3 Å². The Bertz CT molecular complexity index is 1770. The second-order valence-electron chi connectivity index (χ2n) is 9.46. The van der Waals surface area contributed by atoms with E-state index in [1.54, 1.807) is 49.6 Å². The molecule has 0 atom stereocenters. The van der Waals surface area contributed by atoms with Crippen molar-refractivity contribution >= 4 is 5.97 Å². The first-order valence-electron chi connectivity index (χ1n) is 13.2. The third-order valence-electron chi connectivity index (χ3n) is 6.56. The van der Waals surface area contributed by atoms with Crippen molar-refractivity contribution in [3.63, 3.8) is 0 Å². The van der Waals surface area contributed by atoms with Gasteiger partial charge in [0.15, 0.2) is 11.5 Å². The topological polar surface area (TPSA) is 95.7 Å². The molecule has 0 amide bonds. The highest BCUT2D eigenvalue weighted by molar-refractivity contribution is 5.89. The molecular weight excluding hydrogens is 582 g/mol. The minimum atomic E-state index is -4.99. The average Bonchev–Trinajstić information content (AvgIpc) is 3.48. The van der Waals surface area contributed by atoms with Crippen molar-refractivity contribution in [3.8, 4) is 39.7 Å². The normalized spacial score (nSPS) is 11.4. The number of hydrogen-bond acceptors (Lipinski definition) is 6. The summed E-state index contributed by atoms with van der Waals surface area (Å²) in [6.45, 7) is 0.703. The summed E-state index contributed by atoms with van der Waals surface area (Å²) in [5.74, 6) is -1.39. The predicted molar refractivity (Wildman–Crippen MR) is 152 cm³/mol. The van der Waals surface area contributed by atoms with E-state index in [9.17, 15) is 27.5 Å². The Morgan fingerprint density at radius 3 is 2.36 bits per heavy atom. The highest BCUT2D eigenvalue weighted by Crippen LogP contribution is 2.35. The lowest BCUT2D eigenvalue weighted by molar-refractivity contribution is -0.143. The second-order valence-corrected chi connectivity index (χ2v) is 9.46. The van der Waals surface area contributed by atoms with Crippen LogP contribution < -0.4 is 9.47 Å². The molecule has 44 heavy (non-hydrogen) atoms. The van der Waals surface area contributed by atoms with Gasteiger partial charge < -0.3 is 19.3 Å². The van der Waals surface area contributed by atoms with E-state index in [0.29, 0.717) is 40.1 Å². The zero-order valence-electron chi connectivity index (χ0n) is 23.2. The molecule has 0 aliphatic heterocycles. The Balaban J connectivity index is 1.44. The molecule has 0 bridgehead atoms. The first-order valence-corrected chi connectivity index (χ1v) is 13.2. The van der Waals surface area contributed by atoms with Crippen LogP contribution in [0.3, 0.4) is 0 Å². The molecule has 0 saturated heterocycles. The van der Waals surface area contributed by atoms with E-state index in [1.807, 2.05) is 18.2 Å². The lowest BCUT2D eigenvalue weighted by Gasteiger charge is -2.16. The zero-order valence-corrected chi connectivity index (χ0v) is 23.2. The molecule has 226 valence electrons. The van der Waals surface area contributed by atoms with Crippen LogP contribution in [-0.4, -0.2) is 46.2 Å². The molecule has 0 aliphatic rings. The van der Waals surface area contributed by atoms with Crippen molar-refractivity contribution in [2.45, 2.75) is 12.8 Å². The van der Waals surface area contributed by atoms with E-state index in [4.69, 9.17) is 14.2 Å². The van der Waals surface area contributed by atoms with Crippen molar-refractivity contribution in [1.82, 2.24) is 14.8 Å². The van der Waals surface area contributed by atoms with Gasteiger partial charge in [-0.05, 0) is 53.6 Å². The molecule has 0 aliphatic carbocycles. The summed E-state index contributed by atoms with van der Waals surface area (Å²) in [7, 11) is 1.56. The number of carbonyl (C=O) groups is 1. The molecular formula is C32H25F4N3O5. The smallest absolute Gasteiger partial charge is 0.434 e. The Kier molecular flexibility index (Phi) is 8.91. The number of aromatic carboxylic acids is 1. The van der Waals surface area contributed by atoms with Gasteiger partial charge in [0.05, 0.1) is 18.5 Å². The number of nitrogens with zero attached hydrogens (tertiary/aromatic N) is 3. The van der Waals surface area contributed by atoms with Crippen molar-refractivity contribution in [3.05, 3.63) is 114 Å². The Hall–Kier alpha value is -5.23. The molecule has 2 heterocycles. The number of rotatable bonds is 11. The second kappa shape index (κ2) is 13.0. The first-order chi connectivity index (χ1) is 21.2. The molecule has 3 aromatic carbocycles. The lowest BCUT2D eigenvalue weighted by atomic mass is 10.0. The van der Waals surface area contributed by atoms with Gasteiger partial charge in [-0.3, -0.25) is 0 Å². The van der Waals surface area contributed by atoms with E-state index in [1.165, 1.54) is 24.3 Å². The monoisotopic (exact) mass is 607 g/mol. The van der Waals surface area contributed by atoms with Gasteiger partial charge in [-0.15, -0.1) is 0 Å². The summed E-state index contributed by atoms with van der Waals surface area (Å²) in [6, 6.07) is 22.8. The lowest BCUT2D eigenvalue weighted by Crippen LogP contribution is -2.18. The molecule has 2 aromatic heterocycles. The number of benzene rings is 3. The summed E-state index contributed by atoms with van der Waals surface area (Å²) in [5.41, 5.74) is 0.654. The SMILES string of the molecule is COCCOc1cc(-c2ccc(F)cc2)ccc1COc1ccccc1-c1cccc(-n2ncc(C(=O)O)c2C(F)(F)F)n1. The number of halogens is 4. The maximum Gasteiger partial charge on any atom is 0.434 e. The van der Waals surface area contributed by atoms with E-state index in [-0.39, 0.29) is 30.5 Å². The number of aromatic nitrogens is 3. The summed E-state index contributed by atoms with van der Waals surface area (Å²) >= 11 is 0. The van der Waals surface area contributed by atoms with Crippen molar-refractivity contribution in [1.29, 1.82) is 0 Å². The van der Waals surface area contributed by atoms with Gasteiger partial charge in [0.2, 0.25) is 0 Å². The van der Waals surface area contributed by atoms with E-state index < -0.39 is 23.4 Å². The molecule has 8 nitrogen and oxygen atoms in total. The summed E-state index contributed by atoms with van der Waals surface area (Å²) < 4.78 is 72.5. The molecule has 0 radical (unpaired) electrons. The standard InChI is InChI=1S/C32H25F4N3O5/c1-42-15-16-43-28-17-21(20-11-13-23(33)14-12-20)9-10-22(28)19-44-27-7-3-2-5-24(27)26-6-4-8-29(38-26)39-30(32(34,35)36)25(18-37-39)31(40)41/h2-14,17-18H,15-16,19H2,1H3,(H,40,41). The molecule has 5 aromatic rings. The Morgan fingerprint density at radius 2 is 1.64 bits per heavy atom. The number of ether oxygens (including phenoxy) is 3. The average molecular weight is 608 g/mol. The molecule has 1 N–H and O–H groups in total. The number of para-hydroxylation sites is 1. The van der Waals surface area contributed by atoms with Gasteiger partial charge in [0.25, 0.3) is 0 Å². The predicted octanol–water partition coefficient (Wildman–Crippen LogP) is 7.06. The quantitative estimate of drug-likeness (QED) is 0.127. The van der Waals surface area contributed by atoms with Crippen LogP contribution in [-0.2, 0) is 17.5 Å². The highest BCUT2D eigenvalue weighted by atomic mass is 19.4. The molecule has 0 spiro atoms. The van der Waals surface area contributed by atoms with Crippen LogP contribution in [0.4, 0.5) is 17.6 Å². The third kappa shape index (κ3) is 6.70. The van der Waals surface area contributed by atoms with Crippen LogP contribution in [0, 0.1) is 5.82 Å². The van der Waals surface area contributed by atoms with E-state index >= 15 is 0 Å². The van der Waals surface area contributed by atoms with Gasteiger partial charge in [0, 0.05) is 18.2 Å². The maximum atomic E-state index is 13.8. The van der Waals surface area contributed by atoms with Crippen LogP contribution >= 0.6 is 0 Å². The number of hydrogen-bond donors (Lipinski definition) is 1. The fourth-order valence-corrected chi connectivity index (χ4v) is 4.47. The van der Waals surface area contributed by atoms with Crippen LogP contribution in [0.25, 0.3) is 28.2 Å². The van der Waals surface area contributed by atoms with Crippen LogP contribution in [0.15, 0.2) is 91.1 Å². The van der Waals surface area contributed by atoms with Crippen molar-refractivity contribution < 1.29 is 41.7 Å². The number of methoxy groups -OCH3 is 1.